The van der Waals surface area contributed by atoms with Gasteiger partial charge < -0.3 is 14.4 Å². The van der Waals surface area contributed by atoms with Crippen LogP contribution in [0.5, 0.6) is 11.5 Å². The summed E-state index contributed by atoms with van der Waals surface area (Å²) in [5, 5.41) is 1.16. The number of methoxy groups -OCH3 is 1. The van der Waals surface area contributed by atoms with Crippen LogP contribution in [0, 0.1) is 0 Å². The fraction of sp³-hybridized carbons (Fsp3) is 0.304. The van der Waals surface area contributed by atoms with Gasteiger partial charge in [-0.25, -0.2) is 0 Å². The molecule has 2 heterocycles. The Labute approximate surface area is 170 Å². The number of aromatic nitrogens is 1. The number of carbonyl (C=O) groups excluding carboxylic acids is 1. The van der Waals surface area contributed by atoms with Crippen LogP contribution in [0.15, 0.2) is 60.8 Å². The van der Waals surface area contributed by atoms with Gasteiger partial charge in [-0.2, -0.15) is 0 Å². The lowest BCUT2D eigenvalue weighted by atomic mass is 10.1. The van der Waals surface area contributed by atoms with Gasteiger partial charge in [0.25, 0.3) is 5.91 Å². The molecule has 0 radical (unpaired) electrons. The first kappa shape index (κ1) is 19.2. The number of carbonyl (C=O) groups is 1. The average molecular weight is 391 g/mol. The zero-order valence-corrected chi connectivity index (χ0v) is 16.6. The first-order valence-corrected chi connectivity index (χ1v) is 9.83. The zero-order valence-electron chi connectivity index (χ0n) is 16.6. The first-order valence-electron chi connectivity index (χ1n) is 9.83. The van der Waals surface area contributed by atoms with Gasteiger partial charge in [0.2, 0.25) is 0 Å². The second-order valence-corrected chi connectivity index (χ2v) is 7.09. The Bertz CT molecular complexity index is 979. The molecule has 0 N–H and O–H groups in total. The summed E-state index contributed by atoms with van der Waals surface area (Å²) in [6.07, 6.45) is 1.84. The van der Waals surface area contributed by atoms with Crippen molar-refractivity contribution in [1.82, 2.24) is 14.8 Å². The molecule has 2 aromatic carbocycles. The Balaban J connectivity index is 1.30. The number of amides is 1. The third kappa shape index (κ3) is 4.49. The van der Waals surface area contributed by atoms with E-state index < -0.39 is 0 Å². The Hall–Kier alpha value is -3.12. The molecule has 1 saturated heterocycles. The SMILES string of the molecule is COc1ccccc1OCC(=O)N1CCN(Cc2cccc3cccnc23)CC1. The van der Waals surface area contributed by atoms with Crippen molar-refractivity contribution < 1.29 is 14.3 Å². The highest BCUT2D eigenvalue weighted by Crippen LogP contribution is 2.25. The van der Waals surface area contributed by atoms with Crippen LogP contribution in [0.25, 0.3) is 10.9 Å². The molecule has 1 aromatic heterocycles. The maximum Gasteiger partial charge on any atom is 0.260 e. The molecule has 4 rings (SSSR count). The Morgan fingerprint density at radius 1 is 0.966 bits per heavy atom. The number of ether oxygens (including phenoxy) is 2. The summed E-state index contributed by atoms with van der Waals surface area (Å²) in [6, 6.07) is 17.7. The number of fused-ring (bicyclic) bond motifs is 1. The molecule has 1 aliphatic heterocycles. The van der Waals surface area contributed by atoms with Crippen molar-refractivity contribution in [2.24, 2.45) is 0 Å². The zero-order chi connectivity index (χ0) is 20.1. The van der Waals surface area contributed by atoms with Crippen molar-refractivity contribution in [2.45, 2.75) is 6.54 Å². The Kier molecular flexibility index (Phi) is 5.91. The van der Waals surface area contributed by atoms with Crippen LogP contribution in [0.3, 0.4) is 0 Å². The van der Waals surface area contributed by atoms with Gasteiger partial charge in [0.15, 0.2) is 18.1 Å². The molecule has 6 heteroatoms. The van der Waals surface area contributed by atoms with Gasteiger partial charge in [-0.15, -0.1) is 0 Å². The summed E-state index contributed by atoms with van der Waals surface area (Å²) in [5.41, 5.74) is 2.28. The summed E-state index contributed by atoms with van der Waals surface area (Å²) >= 11 is 0. The maximum atomic E-state index is 12.5. The van der Waals surface area contributed by atoms with E-state index in [1.54, 1.807) is 7.11 Å². The molecule has 1 fully saturated rings. The number of hydrogen-bond donors (Lipinski definition) is 0. The van der Waals surface area contributed by atoms with Gasteiger partial charge in [-0.05, 0) is 23.8 Å². The first-order chi connectivity index (χ1) is 14.2. The molecular formula is C23H25N3O3. The van der Waals surface area contributed by atoms with Gasteiger partial charge in [-0.1, -0.05) is 36.4 Å². The summed E-state index contributed by atoms with van der Waals surface area (Å²) < 4.78 is 10.9. The number of piperazine rings is 1. The molecule has 150 valence electrons. The predicted octanol–water partition coefficient (Wildman–Crippen LogP) is 2.97. The van der Waals surface area contributed by atoms with Gasteiger partial charge in [-0.3, -0.25) is 14.7 Å². The van der Waals surface area contributed by atoms with E-state index >= 15 is 0 Å². The van der Waals surface area contributed by atoms with Crippen LogP contribution < -0.4 is 9.47 Å². The van der Waals surface area contributed by atoms with E-state index in [2.05, 4.69) is 34.1 Å². The fourth-order valence-corrected chi connectivity index (χ4v) is 3.66. The number of nitrogens with zero attached hydrogens (tertiary/aromatic N) is 3. The molecule has 0 spiro atoms. The predicted molar refractivity (Wildman–Crippen MR) is 112 cm³/mol. The molecule has 0 unspecified atom stereocenters. The van der Waals surface area contributed by atoms with Crippen LogP contribution in [0.2, 0.25) is 0 Å². The van der Waals surface area contributed by atoms with Crippen molar-refractivity contribution in [3.8, 4) is 11.5 Å². The summed E-state index contributed by atoms with van der Waals surface area (Å²) in [5.74, 6) is 1.22. The van der Waals surface area contributed by atoms with Crippen molar-refractivity contribution in [1.29, 1.82) is 0 Å². The largest absolute Gasteiger partial charge is 0.493 e. The fourth-order valence-electron chi connectivity index (χ4n) is 3.66. The van der Waals surface area contributed by atoms with E-state index in [1.165, 1.54) is 5.56 Å². The van der Waals surface area contributed by atoms with Crippen molar-refractivity contribution in [3.05, 3.63) is 66.4 Å². The Morgan fingerprint density at radius 3 is 2.52 bits per heavy atom. The normalized spacial score (nSPS) is 14.7. The minimum absolute atomic E-state index is 0.00221. The van der Waals surface area contributed by atoms with E-state index in [1.807, 2.05) is 41.4 Å². The van der Waals surface area contributed by atoms with Crippen molar-refractivity contribution >= 4 is 16.8 Å². The van der Waals surface area contributed by atoms with Crippen molar-refractivity contribution in [2.75, 3.05) is 39.9 Å². The summed E-state index contributed by atoms with van der Waals surface area (Å²) in [4.78, 5) is 21.3. The summed E-state index contributed by atoms with van der Waals surface area (Å²) in [6.45, 7) is 3.94. The third-order valence-electron chi connectivity index (χ3n) is 5.26. The van der Waals surface area contributed by atoms with Crippen molar-refractivity contribution in [3.63, 3.8) is 0 Å². The molecule has 29 heavy (non-hydrogen) atoms. The number of rotatable bonds is 6. The third-order valence-corrected chi connectivity index (χ3v) is 5.26. The van der Waals surface area contributed by atoms with Crippen LogP contribution in [0.4, 0.5) is 0 Å². The Morgan fingerprint density at radius 2 is 1.72 bits per heavy atom. The number of pyridine rings is 1. The average Bonchev–Trinajstić information content (AvgIpc) is 2.78. The standard InChI is InChI=1S/C23H25N3O3/c1-28-20-9-2-3-10-21(20)29-17-22(27)26-14-12-25(13-15-26)16-19-7-4-6-18-8-5-11-24-23(18)19/h2-11H,12-17H2,1H3. The van der Waals surface area contributed by atoms with Gasteiger partial charge >= 0.3 is 0 Å². The molecular weight excluding hydrogens is 366 g/mol. The minimum atomic E-state index is 0.00221. The lowest BCUT2D eigenvalue weighted by molar-refractivity contribution is -0.135. The van der Waals surface area contributed by atoms with Crippen LogP contribution >= 0.6 is 0 Å². The molecule has 0 bridgehead atoms. The monoisotopic (exact) mass is 391 g/mol. The molecule has 3 aromatic rings. The topological polar surface area (TPSA) is 54.9 Å². The molecule has 6 nitrogen and oxygen atoms in total. The second-order valence-electron chi connectivity index (χ2n) is 7.09. The molecule has 1 amide bonds. The lowest BCUT2D eigenvalue weighted by Crippen LogP contribution is -2.49. The van der Waals surface area contributed by atoms with Gasteiger partial charge in [0.05, 0.1) is 12.6 Å². The minimum Gasteiger partial charge on any atom is -0.493 e. The smallest absolute Gasteiger partial charge is 0.260 e. The van der Waals surface area contributed by atoms with E-state index in [0.29, 0.717) is 24.6 Å². The number of para-hydroxylation sites is 3. The van der Waals surface area contributed by atoms with Crippen LogP contribution in [-0.4, -0.2) is 60.6 Å². The highest BCUT2D eigenvalue weighted by atomic mass is 16.5. The van der Waals surface area contributed by atoms with E-state index in [-0.39, 0.29) is 12.5 Å². The van der Waals surface area contributed by atoms with E-state index in [4.69, 9.17) is 9.47 Å². The van der Waals surface area contributed by atoms with Gasteiger partial charge in [0.1, 0.15) is 0 Å². The summed E-state index contributed by atoms with van der Waals surface area (Å²) in [7, 11) is 1.59. The highest BCUT2D eigenvalue weighted by molar-refractivity contribution is 5.81. The van der Waals surface area contributed by atoms with Gasteiger partial charge in [0, 0.05) is 44.3 Å². The molecule has 0 aliphatic carbocycles. The number of benzene rings is 2. The van der Waals surface area contributed by atoms with Crippen LogP contribution in [0.1, 0.15) is 5.56 Å². The van der Waals surface area contributed by atoms with E-state index in [9.17, 15) is 4.79 Å². The molecule has 1 aliphatic rings. The number of hydrogen-bond acceptors (Lipinski definition) is 5. The molecule has 0 atom stereocenters. The maximum absolute atomic E-state index is 12.5. The van der Waals surface area contributed by atoms with Crippen LogP contribution in [-0.2, 0) is 11.3 Å². The second kappa shape index (κ2) is 8.92. The highest BCUT2D eigenvalue weighted by Gasteiger charge is 2.22. The van der Waals surface area contributed by atoms with E-state index in [0.717, 1.165) is 30.5 Å². The lowest BCUT2D eigenvalue weighted by Gasteiger charge is -2.34. The molecule has 0 saturated carbocycles. The quantitative estimate of drug-likeness (QED) is 0.647.